The van der Waals surface area contributed by atoms with Crippen LogP contribution in [0.15, 0.2) is 17.5 Å². The van der Waals surface area contributed by atoms with Crippen molar-refractivity contribution in [2.75, 3.05) is 19.6 Å². The highest BCUT2D eigenvalue weighted by Gasteiger charge is 2.43. The molecular weight excluding hydrogens is 298 g/mol. The molecule has 22 heavy (non-hydrogen) atoms. The van der Waals surface area contributed by atoms with Gasteiger partial charge in [0.1, 0.15) is 5.54 Å². The fraction of sp³-hybridized carbons (Fsp3) is 0.625. The third-order valence-electron chi connectivity index (χ3n) is 4.51. The number of amides is 3. The van der Waals surface area contributed by atoms with Crippen LogP contribution in [-0.2, 0) is 4.79 Å². The predicted molar refractivity (Wildman–Crippen MR) is 86.8 cm³/mol. The van der Waals surface area contributed by atoms with Gasteiger partial charge in [-0.05, 0) is 51.1 Å². The first-order valence-electron chi connectivity index (χ1n) is 7.90. The van der Waals surface area contributed by atoms with E-state index in [9.17, 15) is 9.59 Å². The second kappa shape index (κ2) is 6.01. The second-order valence-corrected chi connectivity index (χ2v) is 7.55. The van der Waals surface area contributed by atoms with Gasteiger partial charge in [-0.25, -0.2) is 4.79 Å². The molecule has 0 aliphatic carbocycles. The van der Waals surface area contributed by atoms with Crippen molar-refractivity contribution in [3.05, 3.63) is 22.4 Å². The van der Waals surface area contributed by atoms with E-state index in [4.69, 9.17) is 0 Å². The van der Waals surface area contributed by atoms with Crippen LogP contribution >= 0.6 is 11.3 Å². The van der Waals surface area contributed by atoms with Gasteiger partial charge in [0.15, 0.2) is 0 Å². The number of carbonyl (C=O) groups excluding carboxylic acids is 2. The largest absolute Gasteiger partial charge is 0.325 e. The molecule has 0 unspecified atom stereocenters. The van der Waals surface area contributed by atoms with Crippen LogP contribution < -0.4 is 5.32 Å². The highest BCUT2D eigenvalue weighted by molar-refractivity contribution is 7.10. The average Bonchev–Trinajstić information content (AvgIpc) is 3.15. The van der Waals surface area contributed by atoms with Crippen molar-refractivity contribution in [2.24, 2.45) is 0 Å². The lowest BCUT2D eigenvalue weighted by Crippen LogP contribution is -2.40. The van der Waals surface area contributed by atoms with Crippen molar-refractivity contribution in [3.8, 4) is 0 Å². The monoisotopic (exact) mass is 321 g/mol. The molecule has 120 valence electrons. The molecule has 3 rings (SSSR count). The van der Waals surface area contributed by atoms with Crippen molar-refractivity contribution in [1.82, 2.24) is 15.1 Å². The molecule has 5 nitrogen and oxygen atoms in total. The molecule has 1 atom stereocenters. The van der Waals surface area contributed by atoms with Crippen LogP contribution in [0.25, 0.3) is 0 Å². The average molecular weight is 321 g/mol. The summed E-state index contributed by atoms with van der Waals surface area (Å²) in [6, 6.07) is 4.56. The smallest absolute Gasteiger partial charge is 0.324 e. The van der Waals surface area contributed by atoms with E-state index in [2.05, 4.69) is 27.7 Å². The van der Waals surface area contributed by atoms with Crippen LogP contribution in [0.4, 0.5) is 4.79 Å². The maximum Gasteiger partial charge on any atom is 0.325 e. The van der Waals surface area contributed by atoms with Gasteiger partial charge in [0, 0.05) is 24.0 Å². The highest BCUT2D eigenvalue weighted by atomic mass is 32.1. The molecule has 3 amide bonds. The molecule has 2 aliphatic rings. The number of nitrogens with one attached hydrogen (secondary N) is 1. The third kappa shape index (κ3) is 2.90. The quantitative estimate of drug-likeness (QED) is 0.848. The lowest BCUT2D eigenvalue weighted by molar-refractivity contribution is -0.130. The van der Waals surface area contributed by atoms with E-state index in [0.29, 0.717) is 12.6 Å². The first-order valence-corrected chi connectivity index (χ1v) is 8.78. The summed E-state index contributed by atoms with van der Waals surface area (Å²) in [6.07, 6.45) is 3.26. The molecule has 0 saturated carbocycles. The molecule has 2 fully saturated rings. The second-order valence-electron chi connectivity index (χ2n) is 6.57. The van der Waals surface area contributed by atoms with E-state index >= 15 is 0 Å². The predicted octanol–water partition coefficient (Wildman–Crippen LogP) is 2.61. The highest BCUT2D eigenvalue weighted by Crippen LogP contribution is 2.34. The molecule has 0 spiro atoms. The molecule has 2 saturated heterocycles. The van der Waals surface area contributed by atoms with E-state index in [1.54, 1.807) is 13.8 Å². The van der Waals surface area contributed by atoms with E-state index in [1.807, 2.05) is 11.3 Å². The number of likely N-dealkylation sites (tertiary alicyclic amines) is 1. The summed E-state index contributed by atoms with van der Waals surface area (Å²) in [5.41, 5.74) is -0.760. The first-order chi connectivity index (χ1) is 10.5. The van der Waals surface area contributed by atoms with Crippen molar-refractivity contribution in [3.63, 3.8) is 0 Å². The van der Waals surface area contributed by atoms with Gasteiger partial charge in [0.25, 0.3) is 5.91 Å². The summed E-state index contributed by atoms with van der Waals surface area (Å²) in [5.74, 6) is -0.117. The number of nitrogens with zero attached hydrogens (tertiary/aromatic N) is 2. The van der Waals surface area contributed by atoms with Crippen molar-refractivity contribution < 1.29 is 9.59 Å². The third-order valence-corrected chi connectivity index (χ3v) is 5.48. The van der Waals surface area contributed by atoms with Crippen LogP contribution in [0.1, 0.15) is 44.0 Å². The summed E-state index contributed by atoms with van der Waals surface area (Å²) >= 11 is 1.81. The first kappa shape index (κ1) is 15.5. The van der Waals surface area contributed by atoms with Crippen LogP contribution in [-0.4, -0.2) is 46.9 Å². The Morgan fingerprint density at radius 1 is 1.36 bits per heavy atom. The zero-order valence-electron chi connectivity index (χ0n) is 13.2. The Labute approximate surface area is 135 Å². The van der Waals surface area contributed by atoms with Gasteiger partial charge in [-0.2, -0.15) is 0 Å². The van der Waals surface area contributed by atoms with E-state index < -0.39 is 5.54 Å². The summed E-state index contributed by atoms with van der Waals surface area (Å²) in [4.78, 5) is 29.3. The molecule has 0 bridgehead atoms. The lowest BCUT2D eigenvalue weighted by atomic mass is 10.1. The number of rotatable bonds is 5. The zero-order chi connectivity index (χ0) is 15.7. The van der Waals surface area contributed by atoms with Gasteiger partial charge in [-0.1, -0.05) is 6.07 Å². The molecule has 1 aromatic rings. The fourth-order valence-corrected chi connectivity index (χ4v) is 4.25. The Balaban J connectivity index is 1.53. The number of imide groups is 1. The number of urea groups is 1. The lowest BCUT2D eigenvalue weighted by Gasteiger charge is -2.24. The Kier molecular flexibility index (Phi) is 4.23. The molecule has 3 heterocycles. The number of hydrogen-bond acceptors (Lipinski definition) is 4. The summed E-state index contributed by atoms with van der Waals surface area (Å²) in [7, 11) is 0. The van der Waals surface area contributed by atoms with Crippen LogP contribution in [0.3, 0.4) is 0 Å². The van der Waals surface area contributed by atoms with Crippen molar-refractivity contribution in [2.45, 2.75) is 44.7 Å². The molecule has 2 aliphatic heterocycles. The van der Waals surface area contributed by atoms with Gasteiger partial charge in [-0.15, -0.1) is 11.3 Å². The minimum Gasteiger partial charge on any atom is -0.324 e. The van der Waals surface area contributed by atoms with Crippen LogP contribution in [0.2, 0.25) is 0 Å². The molecular formula is C16H23N3O2S. The van der Waals surface area contributed by atoms with E-state index in [-0.39, 0.29) is 11.9 Å². The molecule has 0 radical (unpaired) electrons. The SMILES string of the molecule is CC1(C)NC(=O)N(CCCN2CCC[C@H]2c2cccs2)C1=O. The number of hydrogen-bond donors (Lipinski definition) is 1. The van der Waals surface area contributed by atoms with E-state index in [0.717, 1.165) is 19.5 Å². The van der Waals surface area contributed by atoms with Crippen LogP contribution in [0.5, 0.6) is 0 Å². The zero-order valence-corrected chi connectivity index (χ0v) is 14.0. The molecule has 1 aromatic heterocycles. The molecule has 1 N–H and O–H groups in total. The van der Waals surface area contributed by atoms with Gasteiger partial charge < -0.3 is 5.32 Å². The van der Waals surface area contributed by atoms with Gasteiger partial charge in [0.05, 0.1) is 0 Å². The summed E-state index contributed by atoms with van der Waals surface area (Å²) in [5, 5.41) is 4.85. The maximum atomic E-state index is 12.1. The summed E-state index contributed by atoms with van der Waals surface area (Å²) in [6.45, 7) is 6.04. The maximum absolute atomic E-state index is 12.1. The van der Waals surface area contributed by atoms with Crippen molar-refractivity contribution >= 4 is 23.3 Å². The topological polar surface area (TPSA) is 52.7 Å². The molecule has 0 aromatic carbocycles. The number of carbonyl (C=O) groups is 2. The summed E-state index contributed by atoms with van der Waals surface area (Å²) < 4.78 is 0. The Morgan fingerprint density at radius 2 is 2.18 bits per heavy atom. The Bertz CT molecular complexity index is 556. The minimum atomic E-state index is -0.760. The molecule has 6 heteroatoms. The van der Waals surface area contributed by atoms with Gasteiger partial charge in [0.2, 0.25) is 0 Å². The Hall–Kier alpha value is -1.40. The Morgan fingerprint density at radius 3 is 2.82 bits per heavy atom. The van der Waals surface area contributed by atoms with Crippen molar-refractivity contribution in [1.29, 1.82) is 0 Å². The van der Waals surface area contributed by atoms with Gasteiger partial charge in [-0.3, -0.25) is 14.6 Å². The van der Waals surface area contributed by atoms with Crippen LogP contribution in [0, 0.1) is 0 Å². The van der Waals surface area contributed by atoms with Gasteiger partial charge >= 0.3 is 6.03 Å². The minimum absolute atomic E-state index is 0.117. The van der Waals surface area contributed by atoms with E-state index in [1.165, 1.54) is 22.6 Å². The normalized spacial score (nSPS) is 25.0. The fourth-order valence-electron chi connectivity index (χ4n) is 3.35. The number of thiophene rings is 1. The standard InChI is InChI=1S/C16H23N3O2S/c1-16(2)14(20)19(15(21)17-16)10-5-9-18-8-3-6-12(18)13-7-4-11-22-13/h4,7,11-12H,3,5-6,8-10H2,1-2H3,(H,17,21)/t12-/m0/s1.